The second kappa shape index (κ2) is 7.91. The predicted molar refractivity (Wildman–Crippen MR) is 94.8 cm³/mol. The molecular formula is C17H19N3O4S. The van der Waals surface area contributed by atoms with E-state index in [9.17, 15) is 13.2 Å². The number of rotatable bonds is 8. The lowest BCUT2D eigenvalue weighted by molar-refractivity contribution is 0.0988. The van der Waals surface area contributed by atoms with Crippen LogP contribution < -0.4 is 5.32 Å². The number of hydrogen-bond acceptors (Lipinski definition) is 5. The monoisotopic (exact) mass is 361 g/mol. The molecular weight excluding hydrogens is 342 g/mol. The molecule has 0 atom stereocenters. The molecule has 0 aliphatic rings. The van der Waals surface area contributed by atoms with Gasteiger partial charge in [0, 0.05) is 24.8 Å². The van der Waals surface area contributed by atoms with Crippen LogP contribution in [0.4, 0.5) is 5.69 Å². The van der Waals surface area contributed by atoms with Crippen LogP contribution in [-0.4, -0.2) is 36.9 Å². The van der Waals surface area contributed by atoms with Crippen molar-refractivity contribution in [3.8, 4) is 0 Å². The molecule has 132 valence electrons. The van der Waals surface area contributed by atoms with Crippen molar-refractivity contribution in [3.05, 3.63) is 67.1 Å². The van der Waals surface area contributed by atoms with E-state index in [1.165, 1.54) is 46.8 Å². The van der Waals surface area contributed by atoms with Gasteiger partial charge < -0.3 is 9.84 Å². The third kappa shape index (κ3) is 4.43. The molecule has 0 aliphatic carbocycles. The van der Waals surface area contributed by atoms with E-state index in [0.717, 1.165) is 0 Å². The summed E-state index contributed by atoms with van der Waals surface area (Å²) in [6.07, 6.45) is 3.02. The van der Waals surface area contributed by atoms with Gasteiger partial charge in [-0.05, 0) is 31.2 Å². The van der Waals surface area contributed by atoms with Crippen molar-refractivity contribution in [2.75, 3.05) is 18.4 Å². The molecule has 0 aliphatic heterocycles. The van der Waals surface area contributed by atoms with E-state index < -0.39 is 15.9 Å². The third-order valence-electron chi connectivity index (χ3n) is 3.27. The molecule has 0 saturated carbocycles. The summed E-state index contributed by atoms with van der Waals surface area (Å²) in [7, 11) is -3.67. The molecule has 1 aromatic heterocycles. The largest absolute Gasteiger partial charge is 0.351 e. The molecule has 0 radical (unpaired) electrons. The van der Waals surface area contributed by atoms with Gasteiger partial charge >= 0.3 is 0 Å². The summed E-state index contributed by atoms with van der Waals surface area (Å²) in [6, 6.07) is 7.38. The fourth-order valence-electron chi connectivity index (χ4n) is 2.08. The smallest absolute Gasteiger partial charge is 0.294 e. The number of hydrogen-bond donors (Lipinski definition) is 1. The van der Waals surface area contributed by atoms with Crippen LogP contribution in [-0.2, 0) is 10.0 Å². The Hall–Kier alpha value is -2.71. The SMILES string of the molecule is C=CCN(CC=C)S(=O)(=O)c1ccc(NC(=O)c2cc(C)no2)cc1. The van der Waals surface area contributed by atoms with Crippen molar-refractivity contribution in [1.29, 1.82) is 0 Å². The van der Waals surface area contributed by atoms with Gasteiger partial charge in [0.1, 0.15) is 0 Å². The van der Waals surface area contributed by atoms with Crippen LogP contribution in [0.5, 0.6) is 0 Å². The average Bonchev–Trinajstić information content (AvgIpc) is 3.02. The summed E-state index contributed by atoms with van der Waals surface area (Å²) >= 11 is 0. The number of nitrogens with one attached hydrogen (secondary N) is 1. The van der Waals surface area contributed by atoms with Crippen molar-refractivity contribution >= 4 is 21.6 Å². The second-order valence-electron chi connectivity index (χ2n) is 5.21. The van der Waals surface area contributed by atoms with Crippen LogP contribution >= 0.6 is 0 Å². The number of aryl methyl sites for hydroxylation is 1. The van der Waals surface area contributed by atoms with Crippen LogP contribution in [0.1, 0.15) is 16.2 Å². The van der Waals surface area contributed by atoms with Crippen LogP contribution in [0, 0.1) is 6.92 Å². The lowest BCUT2D eigenvalue weighted by atomic mass is 10.3. The third-order valence-corrected chi connectivity index (χ3v) is 5.11. The molecule has 1 heterocycles. The average molecular weight is 361 g/mol. The number of aromatic nitrogens is 1. The number of sulfonamides is 1. The quantitative estimate of drug-likeness (QED) is 0.730. The highest BCUT2D eigenvalue weighted by molar-refractivity contribution is 7.89. The van der Waals surface area contributed by atoms with E-state index in [-0.39, 0.29) is 23.7 Å². The maximum absolute atomic E-state index is 12.6. The van der Waals surface area contributed by atoms with Crippen molar-refractivity contribution in [2.45, 2.75) is 11.8 Å². The maximum atomic E-state index is 12.6. The minimum atomic E-state index is -3.67. The summed E-state index contributed by atoms with van der Waals surface area (Å²) in [6.45, 7) is 9.19. The zero-order chi connectivity index (χ0) is 18.4. The molecule has 0 bridgehead atoms. The molecule has 25 heavy (non-hydrogen) atoms. The number of nitrogens with zero attached hydrogens (tertiary/aromatic N) is 2. The number of benzene rings is 1. The first-order valence-corrected chi connectivity index (χ1v) is 8.89. The lowest BCUT2D eigenvalue weighted by Gasteiger charge is -2.19. The minimum Gasteiger partial charge on any atom is -0.351 e. The zero-order valence-electron chi connectivity index (χ0n) is 13.8. The Morgan fingerprint density at radius 3 is 2.32 bits per heavy atom. The van der Waals surface area contributed by atoms with E-state index in [2.05, 4.69) is 23.6 Å². The lowest BCUT2D eigenvalue weighted by Crippen LogP contribution is -2.31. The van der Waals surface area contributed by atoms with Gasteiger partial charge in [-0.3, -0.25) is 4.79 Å². The summed E-state index contributed by atoms with van der Waals surface area (Å²) < 4.78 is 31.3. The van der Waals surface area contributed by atoms with Gasteiger partial charge in [0.05, 0.1) is 10.6 Å². The Kier molecular flexibility index (Phi) is 5.89. The molecule has 0 unspecified atom stereocenters. The fourth-order valence-corrected chi connectivity index (χ4v) is 3.46. The van der Waals surface area contributed by atoms with Gasteiger partial charge in [0.15, 0.2) is 0 Å². The second-order valence-corrected chi connectivity index (χ2v) is 7.15. The van der Waals surface area contributed by atoms with Crippen molar-refractivity contribution in [2.24, 2.45) is 0 Å². The summed E-state index contributed by atoms with van der Waals surface area (Å²) in [5.41, 5.74) is 1.04. The highest BCUT2D eigenvalue weighted by Gasteiger charge is 2.22. The van der Waals surface area contributed by atoms with Crippen LogP contribution in [0.2, 0.25) is 0 Å². The molecule has 0 spiro atoms. The summed E-state index contributed by atoms with van der Waals surface area (Å²) in [5.74, 6) is -0.381. The molecule has 0 fully saturated rings. The van der Waals surface area contributed by atoms with E-state index >= 15 is 0 Å². The number of anilines is 1. The first-order valence-electron chi connectivity index (χ1n) is 7.45. The van der Waals surface area contributed by atoms with E-state index in [0.29, 0.717) is 11.4 Å². The summed E-state index contributed by atoms with van der Waals surface area (Å²) in [5, 5.41) is 6.26. The zero-order valence-corrected chi connectivity index (χ0v) is 14.6. The van der Waals surface area contributed by atoms with Crippen molar-refractivity contribution in [1.82, 2.24) is 9.46 Å². The first kappa shape index (κ1) is 18.6. The Morgan fingerprint density at radius 2 is 1.84 bits per heavy atom. The minimum absolute atomic E-state index is 0.0809. The highest BCUT2D eigenvalue weighted by Crippen LogP contribution is 2.19. The topological polar surface area (TPSA) is 92.5 Å². The number of carbonyl (C=O) groups excluding carboxylic acids is 1. The van der Waals surface area contributed by atoms with E-state index in [1.807, 2.05) is 0 Å². The molecule has 8 heteroatoms. The number of amides is 1. The Labute approximate surface area is 146 Å². The van der Waals surface area contributed by atoms with Crippen molar-refractivity contribution < 1.29 is 17.7 Å². The standard InChI is InChI=1S/C17H19N3O4S/c1-4-10-20(11-5-2)25(22,23)15-8-6-14(7-9-15)18-17(21)16-12-13(3)19-24-16/h4-9,12H,1-2,10-11H2,3H3,(H,18,21). The molecule has 0 saturated heterocycles. The summed E-state index contributed by atoms with van der Waals surface area (Å²) in [4.78, 5) is 12.1. The maximum Gasteiger partial charge on any atom is 0.294 e. The van der Waals surface area contributed by atoms with Gasteiger partial charge in [-0.25, -0.2) is 8.42 Å². The van der Waals surface area contributed by atoms with Gasteiger partial charge in [0.2, 0.25) is 15.8 Å². The highest BCUT2D eigenvalue weighted by atomic mass is 32.2. The molecule has 2 rings (SSSR count). The van der Waals surface area contributed by atoms with E-state index in [4.69, 9.17) is 4.52 Å². The Balaban J connectivity index is 2.16. The van der Waals surface area contributed by atoms with Gasteiger partial charge in [-0.2, -0.15) is 4.31 Å². The molecule has 1 amide bonds. The number of carbonyl (C=O) groups is 1. The molecule has 1 N–H and O–H groups in total. The van der Waals surface area contributed by atoms with Crippen LogP contribution in [0.3, 0.4) is 0 Å². The van der Waals surface area contributed by atoms with Crippen LogP contribution in [0.15, 0.2) is 65.1 Å². The predicted octanol–water partition coefficient (Wildman–Crippen LogP) is 2.60. The molecule has 1 aromatic carbocycles. The van der Waals surface area contributed by atoms with E-state index in [1.54, 1.807) is 6.92 Å². The first-order chi connectivity index (χ1) is 11.9. The Bertz CT molecular complexity index is 860. The fraction of sp³-hybridized carbons (Fsp3) is 0.176. The molecule has 2 aromatic rings. The van der Waals surface area contributed by atoms with Gasteiger partial charge in [-0.1, -0.05) is 17.3 Å². The molecule has 7 nitrogen and oxygen atoms in total. The van der Waals surface area contributed by atoms with Gasteiger partial charge in [0.25, 0.3) is 5.91 Å². The van der Waals surface area contributed by atoms with Gasteiger partial charge in [-0.15, -0.1) is 13.2 Å². The Morgan fingerprint density at radius 1 is 1.24 bits per heavy atom. The van der Waals surface area contributed by atoms with Crippen molar-refractivity contribution in [3.63, 3.8) is 0 Å². The normalized spacial score (nSPS) is 11.3. The van der Waals surface area contributed by atoms with Crippen LogP contribution in [0.25, 0.3) is 0 Å².